The van der Waals surface area contributed by atoms with Crippen molar-refractivity contribution in [2.45, 2.75) is 12.6 Å². The Labute approximate surface area is 191 Å². The van der Waals surface area contributed by atoms with Crippen molar-refractivity contribution in [3.63, 3.8) is 0 Å². The minimum Gasteiger partial charge on any atom is -0.383 e. The van der Waals surface area contributed by atoms with E-state index in [4.69, 9.17) is 5.73 Å². The quantitative estimate of drug-likeness (QED) is 0.379. The molecule has 170 valence electrons. The maximum Gasteiger partial charge on any atom is 0.419 e. The molecule has 6 nitrogen and oxygen atoms in total. The van der Waals surface area contributed by atoms with Crippen molar-refractivity contribution < 1.29 is 18.0 Å². The molecule has 0 spiro atoms. The second kappa shape index (κ2) is 8.18. The highest BCUT2D eigenvalue weighted by atomic mass is 19.4. The van der Waals surface area contributed by atoms with E-state index in [1.807, 2.05) is 42.5 Å². The summed E-state index contributed by atoms with van der Waals surface area (Å²) in [7, 11) is 0. The third-order valence-corrected chi connectivity index (χ3v) is 5.51. The van der Waals surface area contributed by atoms with Crippen LogP contribution in [0.25, 0.3) is 27.5 Å². The van der Waals surface area contributed by atoms with E-state index >= 15 is 0 Å². The fraction of sp³-hybridized carbons (Fsp3) is 0.0800. The van der Waals surface area contributed by atoms with Gasteiger partial charge in [-0.2, -0.15) is 13.2 Å². The molecular weight excluding hydrogens is 443 g/mol. The van der Waals surface area contributed by atoms with E-state index in [1.165, 1.54) is 6.20 Å². The molecule has 1 amide bonds. The Kier molecular flexibility index (Phi) is 5.16. The van der Waals surface area contributed by atoms with Gasteiger partial charge < -0.3 is 15.5 Å². The molecule has 5 aromatic rings. The maximum atomic E-state index is 13.2. The second-order valence-corrected chi connectivity index (χ2v) is 7.83. The second-order valence-electron chi connectivity index (χ2n) is 7.83. The van der Waals surface area contributed by atoms with Crippen molar-refractivity contribution in [1.82, 2.24) is 14.4 Å². The van der Waals surface area contributed by atoms with Crippen LogP contribution in [0, 0.1) is 0 Å². The maximum absolute atomic E-state index is 13.2. The van der Waals surface area contributed by atoms with E-state index < -0.39 is 17.6 Å². The first-order chi connectivity index (χ1) is 16.3. The zero-order valence-electron chi connectivity index (χ0n) is 17.7. The Balaban J connectivity index is 1.38. The van der Waals surface area contributed by atoms with E-state index in [2.05, 4.69) is 15.3 Å². The third-order valence-electron chi connectivity index (χ3n) is 5.51. The average molecular weight is 461 g/mol. The number of carbonyl (C=O) groups excluding carboxylic acids is 1. The first kappa shape index (κ1) is 21.4. The SMILES string of the molecule is Nc1ncc(-c2ccc3nc(NC(=O)Cc4cccc5ccccc45)cn3c2)cc1C(F)(F)F. The number of hydrogen-bond acceptors (Lipinski definition) is 4. The lowest BCUT2D eigenvalue weighted by molar-refractivity contribution is -0.137. The van der Waals surface area contributed by atoms with Crippen LogP contribution < -0.4 is 11.1 Å². The van der Waals surface area contributed by atoms with Gasteiger partial charge in [-0.15, -0.1) is 0 Å². The van der Waals surface area contributed by atoms with Gasteiger partial charge in [0.25, 0.3) is 0 Å². The average Bonchev–Trinajstić information content (AvgIpc) is 3.20. The van der Waals surface area contributed by atoms with Gasteiger partial charge in [-0.05, 0) is 34.5 Å². The molecule has 0 aliphatic heterocycles. The molecule has 3 N–H and O–H groups in total. The summed E-state index contributed by atoms with van der Waals surface area (Å²) in [6.45, 7) is 0. The van der Waals surface area contributed by atoms with Crippen molar-refractivity contribution >= 4 is 34.0 Å². The van der Waals surface area contributed by atoms with Gasteiger partial charge in [-0.3, -0.25) is 4.79 Å². The number of anilines is 2. The molecule has 0 aliphatic rings. The highest BCUT2D eigenvalue weighted by molar-refractivity contribution is 5.95. The lowest BCUT2D eigenvalue weighted by Crippen LogP contribution is -2.14. The van der Waals surface area contributed by atoms with E-state index in [9.17, 15) is 18.0 Å². The Morgan fingerprint density at radius 2 is 1.79 bits per heavy atom. The number of nitrogens with zero attached hydrogens (tertiary/aromatic N) is 3. The van der Waals surface area contributed by atoms with Crippen LogP contribution in [0.1, 0.15) is 11.1 Å². The van der Waals surface area contributed by atoms with Crippen LogP contribution in [-0.4, -0.2) is 20.3 Å². The number of rotatable bonds is 4. The van der Waals surface area contributed by atoms with E-state index in [0.717, 1.165) is 22.4 Å². The number of hydrogen-bond donors (Lipinski definition) is 2. The van der Waals surface area contributed by atoms with Crippen molar-refractivity contribution in [2.24, 2.45) is 0 Å². The number of imidazole rings is 1. The van der Waals surface area contributed by atoms with Gasteiger partial charge in [0, 0.05) is 23.5 Å². The number of aromatic nitrogens is 3. The number of halogens is 3. The normalized spacial score (nSPS) is 11.7. The summed E-state index contributed by atoms with van der Waals surface area (Å²) in [6.07, 6.45) is 0.0896. The minimum atomic E-state index is -4.60. The van der Waals surface area contributed by atoms with Crippen LogP contribution in [-0.2, 0) is 17.4 Å². The van der Waals surface area contributed by atoms with E-state index in [-0.39, 0.29) is 17.9 Å². The van der Waals surface area contributed by atoms with E-state index in [1.54, 1.807) is 28.9 Å². The molecule has 0 saturated carbocycles. The number of amides is 1. The summed E-state index contributed by atoms with van der Waals surface area (Å²) in [5, 5.41) is 4.86. The number of nitrogens with one attached hydrogen (secondary N) is 1. The molecule has 0 bridgehead atoms. The van der Waals surface area contributed by atoms with Gasteiger partial charge in [0.2, 0.25) is 5.91 Å². The van der Waals surface area contributed by atoms with Crippen molar-refractivity contribution in [1.29, 1.82) is 0 Å². The monoisotopic (exact) mass is 461 g/mol. The van der Waals surface area contributed by atoms with Gasteiger partial charge in [-0.25, -0.2) is 9.97 Å². The summed E-state index contributed by atoms with van der Waals surface area (Å²) in [4.78, 5) is 20.7. The Morgan fingerprint density at radius 3 is 2.62 bits per heavy atom. The van der Waals surface area contributed by atoms with Crippen LogP contribution in [0.3, 0.4) is 0 Å². The molecule has 5 rings (SSSR count). The third kappa shape index (κ3) is 4.15. The van der Waals surface area contributed by atoms with Crippen LogP contribution in [0.2, 0.25) is 0 Å². The topological polar surface area (TPSA) is 85.3 Å². The van der Waals surface area contributed by atoms with Crippen molar-refractivity contribution in [2.75, 3.05) is 11.1 Å². The Bertz CT molecular complexity index is 1540. The summed E-state index contributed by atoms with van der Waals surface area (Å²) in [5.74, 6) is -0.456. The zero-order valence-corrected chi connectivity index (χ0v) is 17.7. The first-order valence-electron chi connectivity index (χ1n) is 10.4. The lowest BCUT2D eigenvalue weighted by Gasteiger charge is -2.11. The molecule has 0 unspecified atom stereocenters. The predicted molar refractivity (Wildman–Crippen MR) is 124 cm³/mol. The molecule has 34 heavy (non-hydrogen) atoms. The smallest absolute Gasteiger partial charge is 0.383 e. The van der Waals surface area contributed by atoms with Crippen LogP contribution >= 0.6 is 0 Å². The number of alkyl halides is 3. The van der Waals surface area contributed by atoms with Gasteiger partial charge in [0.1, 0.15) is 11.5 Å². The predicted octanol–water partition coefficient (Wildman–Crippen LogP) is 5.33. The molecule has 0 radical (unpaired) electrons. The van der Waals surface area contributed by atoms with Crippen LogP contribution in [0.4, 0.5) is 24.8 Å². The van der Waals surface area contributed by atoms with Crippen molar-refractivity contribution in [3.05, 3.63) is 90.4 Å². The standard InChI is InChI=1S/C25H18F3N5O/c26-25(27,28)20-10-18(12-30-24(20)29)17-8-9-22-31-21(14-33(22)13-17)32-23(34)11-16-6-3-5-15-4-1-2-7-19(15)16/h1-10,12-14H,11H2,(H2,29,30)(H,32,34). The van der Waals surface area contributed by atoms with Crippen molar-refractivity contribution in [3.8, 4) is 11.1 Å². The molecule has 0 aliphatic carbocycles. The Morgan fingerprint density at radius 1 is 1.00 bits per heavy atom. The summed E-state index contributed by atoms with van der Waals surface area (Å²) in [5.41, 5.74) is 6.60. The molecule has 9 heteroatoms. The molecule has 0 saturated heterocycles. The number of benzene rings is 2. The number of fused-ring (bicyclic) bond motifs is 2. The Hall–Kier alpha value is -4.40. The molecule has 3 aromatic heterocycles. The number of pyridine rings is 2. The lowest BCUT2D eigenvalue weighted by atomic mass is 10.0. The zero-order chi connectivity index (χ0) is 23.9. The molecule has 2 aromatic carbocycles. The molecule has 0 atom stereocenters. The minimum absolute atomic E-state index is 0.178. The fourth-order valence-electron chi connectivity index (χ4n) is 3.89. The number of nitrogen functional groups attached to an aromatic ring is 1. The van der Waals surface area contributed by atoms with E-state index in [0.29, 0.717) is 17.0 Å². The van der Waals surface area contributed by atoms with Gasteiger partial charge in [0.15, 0.2) is 5.82 Å². The van der Waals surface area contributed by atoms with Gasteiger partial charge in [-0.1, -0.05) is 42.5 Å². The first-order valence-corrected chi connectivity index (χ1v) is 10.4. The largest absolute Gasteiger partial charge is 0.419 e. The van der Waals surface area contributed by atoms with Crippen LogP contribution in [0.5, 0.6) is 0 Å². The number of nitrogens with two attached hydrogens (primary N) is 1. The summed E-state index contributed by atoms with van der Waals surface area (Å²) < 4.78 is 41.2. The van der Waals surface area contributed by atoms with Gasteiger partial charge >= 0.3 is 6.18 Å². The number of carbonyl (C=O) groups is 1. The van der Waals surface area contributed by atoms with Gasteiger partial charge in [0.05, 0.1) is 18.2 Å². The summed E-state index contributed by atoms with van der Waals surface area (Å²) in [6, 6.07) is 17.9. The molecule has 0 fully saturated rings. The highest BCUT2D eigenvalue weighted by Crippen LogP contribution is 2.35. The highest BCUT2D eigenvalue weighted by Gasteiger charge is 2.34. The van der Waals surface area contributed by atoms with Crippen LogP contribution in [0.15, 0.2) is 79.3 Å². The molecular formula is C25H18F3N5O. The molecule has 3 heterocycles. The fourth-order valence-corrected chi connectivity index (χ4v) is 3.89. The summed E-state index contributed by atoms with van der Waals surface area (Å²) >= 11 is 0.